The van der Waals surface area contributed by atoms with Gasteiger partial charge in [0.15, 0.2) is 0 Å². The van der Waals surface area contributed by atoms with E-state index in [-0.39, 0.29) is 12.4 Å². The van der Waals surface area contributed by atoms with Crippen molar-refractivity contribution >= 4 is 35.6 Å². The van der Waals surface area contributed by atoms with Gasteiger partial charge in [0, 0.05) is 0 Å². The summed E-state index contributed by atoms with van der Waals surface area (Å²) in [6.07, 6.45) is 0.547. The number of nitrogens with zero attached hydrogens (tertiary/aromatic N) is 1. The Labute approximate surface area is 144 Å². The minimum atomic E-state index is -2.28. The summed E-state index contributed by atoms with van der Waals surface area (Å²) in [6.45, 7) is 0. The second-order valence-electron chi connectivity index (χ2n) is 5.34. The molecule has 0 amide bonds. The molecule has 23 heavy (non-hydrogen) atoms. The van der Waals surface area contributed by atoms with E-state index in [2.05, 4.69) is 78.9 Å². The molecule has 3 aromatic carbocycles. The predicted octanol–water partition coefficient (Wildman–Crippen LogP) is 3.66. The van der Waals surface area contributed by atoms with E-state index in [1.165, 1.54) is 15.9 Å². The van der Waals surface area contributed by atoms with E-state index in [1.54, 1.807) is 0 Å². The van der Waals surface area contributed by atoms with Gasteiger partial charge in [0.25, 0.3) is 0 Å². The van der Waals surface area contributed by atoms with Crippen LogP contribution in [-0.4, -0.2) is 6.16 Å². The zero-order chi connectivity index (χ0) is 15.3. The summed E-state index contributed by atoms with van der Waals surface area (Å²) in [6, 6.07) is 34.0. The second kappa shape index (κ2) is 7.93. The van der Waals surface area contributed by atoms with Crippen molar-refractivity contribution in [3.63, 3.8) is 0 Å². The maximum atomic E-state index is 9.57. The van der Waals surface area contributed by atoms with Crippen LogP contribution in [0.2, 0.25) is 0 Å². The van der Waals surface area contributed by atoms with E-state index in [9.17, 15) is 5.26 Å². The topological polar surface area (TPSA) is 23.8 Å². The van der Waals surface area contributed by atoms with Gasteiger partial charge in [-0.3, -0.25) is 0 Å². The van der Waals surface area contributed by atoms with Gasteiger partial charge in [0.1, 0.15) is 0 Å². The molecule has 0 aliphatic rings. The Balaban J connectivity index is 0.00000192. The van der Waals surface area contributed by atoms with Crippen molar-refractivity contribution in [3.05, 3.63) is 91.0 Å². The fourth-order valence-corrected chi connectivity index (χ4v) is 7.23. The molecular weight excluding hydrogens is 321 g/mol. The first-order chi connectivity index (χ1) is 10.9. The van der Waals surface area contributed by atoms with Crippen molar-refractivity contribution in [2.45, 2.75) is 0 Å². The third kappa shape index (κ3) is 3.30. The third-order valence-electron chi connectivity index (χ3n) is 4.14. The molecule has 3 rings (SSSR count). The molecule has 0 fully saturated rings. The van der Waals surface area contributed by atoms with Crippen molar-refractivity contribution < 1.29 is 0 Å². The Hall–Kier alpha value is -2.13. The van der Waals surface area contributed by atoms with Gasteiger partial charge in [0.2, 0.25) is 0 Å². The van der Waals surface area contributed by atoms with Crippen molar-refractivity contribution in [3.8, 4) is 6.07 Å². The Kier molecular flexibility index (Phi) is 5.94. The van der Waals surface area contributed by atoms with Crippen LogP contribution in [0.1, 0.15) is 0 Å². The van der Waals surface area contributed by atoms with Crippen LogP contribution in [0.4, 0.5) is 0 Å². The quantitative estimate of drug-likeness (QED) is 0.665. The van der Waals surface area contributed by atoms with Crippen LogP contribution in [0.5, 0.6) is 0 Å². The fourth-order valence-electron chi connectivity index (χ4n) is 3.09. The van der Waals surface area contributed by atoms with Gasteiger partial charge < -0.3 is 0 Å². The molecule has 0 bridgehead atoms. The van der Waals surface area contributed by atoms with Crippen molar-refractivity contribution in [1.82, 2.24) is 0 Å². The number of hydrogen-bond donors (Lipinski definition) is 0. The fraction of sp³-hybridized carbons (Fsp3) is 0.0500. The average molecular weight is 340 g/mol. The summed E-state index contributed by atoms with van der Waals surface area (Å²) in [7, 11) is -2.28. The Morgan fingerprint density at radius 1 is 0.609 bits per heavy atom. The van der Waals surface area contributed by atoms with Crippen LogP contribution >= 0.6 is 19.7 Å². The molecular formula is C20H19ClNP. The molecule has 0 aliphatic carbocycles. The van der Waals surface area contributed by atoms with Crippen LogP contribution in [0.15, 0.2) is 91.0 Å². The van der Waals surface area contributed by atoms with Crippen LogP contribution in [0.3, 0.4) is 0 Å². The van der Waals surface area contributed by atoms with E-state index < -0.39 is 7.26 Å². The van der Waals surface area contributed by atoms with Gasteiger partial charge in [-0.25, -0.2) is 0 Å². The Bertz CT molecular complexity index is 670. The van der Waals surface area contributed by atoms with Gasteiger partial charge >= 0.3 is 132 Å². The van der Waals surface area contributed by atoms with Crippen LogP contribution in [0, 0.1) is 11.3 Å². The molecule has 0 saturated carbocycles. The van der Waals surface area contributed by atoms with Gasteiger partial charge in [-0.1, -0.05) is 0 Å². The molecule has 0 N–H and O–H groups in total. The van der Waals surface area contributed by atoms with Gasteiger partial charge in [-0.2, -0.15) is 0 Å². The second-order valence-corrected chi connectivity index (χ2v) is 9.23. The van der Waals surface area contributed by atoms with Crippen molar-refractivity contribution in [2.24, 2.45) is 0 Å². The molecule has 0 aromatic heterocycles. The number of halogens is 1. The SMILES string of the molecule is Cl.N#CC[PH](c1ccccc1)(c1ccccc1)c1ccccc1. The molecule has 0 radical (unpaired) electrons. The van der Waals surface area contributed by atoms with Gasteiger partial charge in [-0.05, 0) is 0 Å². The van der Waals surface area contributed by atoms with E-state index in [0.29, 0.717) is 6.16 Å². The summed E-state index contributed by atoms with van der Waals surface area (Å²) in [5.74, 6) is 0. The normalized spacial score (nSPS) is 11.1. The first-order valence-corrected chi connectivity index (χ1v) is 9.62. The van der Waals surface area contributed by atoms with Crippen LogP contribution < -0.4 is 15.9 Å². The molecule has 0 heterocycles. The average Bonchev–Trinajstić information content (AvgIpc) is 2.62. The molecule has 0 saturated heterocycles. The molecule has 0 atom stereocenters. The molecule has 0 aliphatic heterocycles. The zero-order valence-corrected chi connectivity index (χ0v) is 14.5. The first-order valence-electron chi connectivity index (χ1n) is 7.41. The standard InChI is InChI=1S/C20H18NP.ClH/c21-16-17-22(18-10-4-1-5-11-18,19-12-6-2-7-13-19)20-14-8-3-9-15-20;/h1-15,22H,17H2;1H. The minimum absolute atomic E-state index is 0. The Morgan fingerprint density at radius 2 is 0.913 bits per heavy atom. The number of nitriles is 1. The first kappa shape index (κ1) is 17.2. The summed E-state index contributed by atoms with van der Waals surface area (Å²) in [4.78, 5) is 0. The zero-order valence-electron chi connectivity index (χ0n) is 12.7. The maximum absolute atomic E-state index is 9.57. The summed E-state index contributed by atoms with van der Waals surface area (Å²) < 4.78 is 0. The molecule has 3 aromatic rings. The number of rotatable bonds is 4. The van der Waals surface area contributed by atoms with E-state index in [4.69, 9.17) is 0 Å². The van der Waals surface area contributed by atoms with Crippen LogP contribution in [-0.2, 0) is 0 Å². The predicted molar refractivity (Wildman–Crippen MR) is 104 cm³/mol. The molecule has 1 nitrogen and oxygen atoms in total. The number of hydrogen-bond acceptors (Lipinski definition) is 1. The molecule has 0 spiro atoms. The monoisotopic (exact) mass is 339 g/mol. The van der Waals surface area contributed by atoms with Gasteiger partial charge in [0.05, 0.1) is 0 Å². The van der Waals surface area contributed by atoms with Crippen molar-refractivity contribution in [1.29, 1.82) is 5.26 Å². The van der Waals surface area contributed by atoms with E-state index in [0.717, 1.165) is 0 Å². The van der Waals surface area contributed by atoms with Gasteiger partial charge in [-0.15, -0.1) is 12.4 Å². The molecule has 116 valence electrons. The third-order valence-corrected chi connectivity index (χ3v) is 8.79. The summed E-state index contributed by atoms with van der Waals surface area (Å²) >= 11 is 0. The molecule has 0 unspecified atom stereocenters. The summed E-state index contributed by atoms with van der Waals surface area (Å²) in [5.41, 5.74) is 0. The van der Waals surface area contributed by atoms with Crippen molar-refractivity contribution in [2.75, 3.05) is 6.16 Å². The van der Waals surface area contributed by atoms with E-state index >= 15 is 0 Å². The summed E-state index contributed by atoms with van der Waals surface area (Å²) in [5, 5.41) is 13.4. The molecule has 3 heteroatoms. The number of benzene rings is 3. The van der Waals surface area contributed by atoms with Crippen LogP contribution in [0.25, 0.3) is 0 Å². The van der Waals surface area contributed by atoms with E-state index in [1.807, 2.05) is 18.2 Å². The Morgan fingerprint density at radius 3 is 1.17 bits per heavy atom.